The molecule has 2 aliphatic rings. The van der Waals surface area contributed by atoms with Crippen LogP contribution in [0.1, 0.15) is 34.7 Å². The largest absolute Gasteiger partial charge is 0.480 e. The van der Waals surface area contributed by atoms with Crippen LogP contribution < -0.4 is 4.90 Å². The molecule has 0 bridgehead atoms. The van der Waals surface area contributed by atoms with E-state index in [-0.39, 0.29) is 0 Å². The summed E-state index contributed by atoms with van der Waals surface area (Å²) in [5.41, 5.74) is 7.45. The quantitative estimate of drug-likeness (QED) is 0.641. The van der Waals surface area contributed by atoms with Crippen molar-refractivity contribution in [3.05, 3.63) is 95.1 Å². The fourth-order valence-electron chi connectivity index (χ4n) is 5.19. The van der Waals surface area contributed by atoms with Gasteiger partial charge in [-0.05, 0) is 60.1 Å². The van der Waals surface area contributed by atoms with E-state index in [1.807, 2.05) is 18.2 Å². The van der Waals surface area contributed by atoms with Crippen LogP contribution in [0, 0.1) is 0 Å². The number of carboxylic acid groups (broad SMARTS) is 1. The van der Waals surface area contributed by atoms with Gasteiger partial charge in [-0.25, -0.2) is 0 Å². The van der Waals surface area contributed by atoms with Crippen LogP contribution in [0.3, 0.4) is 0 Å². The highest BCUT2D eigenvalue weighted by Gasteiger charge is 2.32. The summed E-state index contributed by atoms with van der Waals surface area (Å²) in [7, 11) is 0. The molecule has 2 aliphatic heterocycles. The number of fused-ring (bicyclic) bond motifs is 3. The molecule has 0 saturated heterocycles. The molecular formula is C27H28N2O2. The number of aliphatic carboxylic acids is 1. The summed E-state index contributed by atoms with van der Waals surface area (Å²) >= 11 is 0. The van der Waals surface area contributed by atoms with Crippen molar-refractivity contribution in [1.82, 2.24) is 4.90 Å². The summed E-state index contributed by atoms with van der Waals surface area (Å²) in [6.45, 7) is 2.44. The van der Waals surface area contributed by atoms with Gasteiger partial charge in [0, 0.05) is 31.0 Å². The Kier molecular flexibility index (Phi) is 5.47. The number of hydrogen-bond acceptors (Lipinski definition) is 3. The lowest BCUT2D eigenvalue weighted by Gasteiger charge is -2.35. The number of carboxylic acids is 1. The summed E-state index contributed by atoms with van der Waals surface area (Å²) < 4.78 is 0. The Morgan fingerprint density at radius 3 is 2.00 bits per heavy atom. The van der Waals surface area contributed by atoms with Gasteiger partial charge >= 0.3 is 5.97 Å². The van der Waals surface area contributed by atoms with Crippen LogP contribution in [0.15, 0.2) is 72.8 Å². The molecule has 0 fully saturated rings. The average molecular weight is 413 g/mol. The first kappa shape index (κ1) is 19.8. The molecule has 31 heavy (non-hydrogen) atoms. The second-order valence-corrected chi connectivity index (χ2v) is 8.49. The smallest absolute Gasteiger partial charge is 0.325 e. The van der Waals surface area contributed by atoms with E-state index in [1.54, 1.807) is 0 Å². The van der Waals surface area contributed by atoms with Crippen molar-refractivity contribution in [2.45, 2.75) is 31.7 Å². The lowest BCUT2D eigenvalue weighted by Crippen LogP contribution is -2.41. The van der Waals surface area contributed by atoms with Crippen LogP contribution in [-0.4, -0.2) is 35.6 Å². The van der Waals surface area contributed by atoms with Gasteiger partial charge in [-0.2, -0.15) is 0 Å². The van der Waals surface area contributed by atoms with Crippen LogP contribution in [0.2, 0.25) is 0 Å². The van der Waals surface area contributed by atoms with Gasteiger partial charge in [-0.1, -0.05) is 60.7 Å². The van der Waals surface area contributed by atoms with Crippen molar-refractivity contribution in [2.24, 2.45) is 0 Å². The first-order valence-electron chi connectivity index (χ1n) is 11.2. The molecule has 5 rings (SSSR count). The molecule has 4 heteroatoms. The zero-order valence-corrected chi connectivity index (χ0v) is 17.7. The second-order valence-electron chi connectivity index (χ2n) is 8.49. The van der Waals surface area contributed by atoms with Crippen LogP contribution in [0.25, 0.3) is 0 Å². The Labute approximate surface area is 183 Å². The summed E-state index contributed by atoms with van der Waals surface area (Å²) in [6, 6.07) is 24.8. The molecule has 3 aromatic rings. The monoisotopic (exact) mass is 412 g/mol. The van der Waals surface area contributed by atoms with Crippen molar-refractivity contribution >= 4 is 17.3 Å². The van der Waals surface area contributed by atoms with Crippen molar-refractivity contribution in [1.29, 1.82) is 0 Å². The van der Waals surface area contributed by atoms with Gasteiger partial charge in [0.05, 0.1) is 0 Å². The molecule has 0 amide bonds. The summed E-state index contributed by atoms with van der Waals surface area (Å²) in [4.78, 5) is 16.7. The molecule has 1 atom stereocenters. The van der Waals surface area contributed by atoms with E-state index in [4.69, 9.17) is 0 Å². The predicted molar refractivity (Wildman–Crippen MR) is 124 cm³/mol. The molecule has 1 N–H and O–H groups in total. The number of nitrogens with zero attached hydrogens (tertiary/aromatic N) is 2. The Morgan fingerprint density at radius 2 is 1.35 bits per heavy atom. The van der Waals surface area contributed by atoms with Gasteiger partial charge in [0.2, 0.25) is 0 Å². The number of rotatable bonds is 5. The number of anilines is 2. The normalized spacial score (nSPS) is 17.9. The molecule has 0 aromatic heterocycles. The molecule has 0 spiro atoms. The third-order valence-corrected chi connectivity index (χ3v) is 6.67. The number of carbonyl (C=O) groups is 1. The zero-order valence-electron chi connectivity index (χ0n) is 17.7. The van der Waals surface area contributed by atoms with Crippen LogP contribution in [0.5, 0.6) is 0 Å². The van der Waals surface area contributed by atoms with Gasteiger partial charge in [0.15, 0.2) is 0 Å². The molecule has 2 heterocycles. The van der Waals surface area contributed by atoms with Crippen molar-refractivity contribution < 1.29 is 9.90 Å². The highest BCUT2D eigenvalue weighted by molar-refractivity contribution is 5.76. The van der Waals surface area contributed by atoms with Crippen LogP contribution in [0.4, 0.5) is 11.4 Å². The third-order valence-electron chi connectivity index (χ3n) is 6.67. The van der Waals surface area contributed by atoms with Gasteiger partial charge < -0.3 is 10.0 Å². The van der Waals surface area contributed by atoms with Crippen molar-refractivity contribution in [3.8, 4) is 0 Å². The molecule has 158 valence electrons. The van der Waals surface area contributed by atoms with Gasteiger partial charge in [0.25, 0.3) is 0 Å². The Hall–Kier alpha value is -3.11. The number of benzene rings is 3. The maximum absolute atomic E-state index is 12.1. The molecule has 1 unspecified atom stereocenters. The first-order chi connectivity index (χ1) is 15.2. The maximum Gasteiger partial charge on any atom is 0.325 e. The summed E-state index contributed by atoms with van der Waals surface area (Å²) in [5.74, 6) is -0.752. The lowest BCUT2D eigenvalue weighted by molar-refractivity contribution is -0.144. The Balaban J connectivity index is 1.36. The van der Waals surface area contributed by atoms with E-state index >= 15 is 0 Å². The topological polar surface area (TPSA) is 43.8 Å². The minimum absolute atomic E-state index is 0.548. The molecule has 4 nitrogen and oxygen atoms in total. The standard InChI is InChI=1S/C27H28N2O2/c30-27(31)26-23-11-4-1-8-20(23)16-19-28(26)17-7-18-29-24-12-5-2-9-21(24)14-15-22-10-3-6-13-25(22)29/h1-6,8-13,26H,7,14-19H2,(H,30,31). The van der Waals surface area contributed by atoms with Gasteiger partial charge in [-0.15, -0.1) is 0 Å². The molecule has 0 saturated carbocycles. The van der Waals surface area contributed by atoms with Crippen LogP contribution >= 0.6 is 0 Å². The average Bonchev–Trinajstić information content (AvgIpc) is 2.96. The lowest BCUT2D eigenvalue weighted by atomic mass is 9.92. The van der Waals surface area contributed by atoms with Crippen LogP contribution in [-0.2, 0) is 24.1 Å². The highest BCUT2D eigenvalue weighted by atomic mass is 16.4. The fraction of sp³-hybridized carbons (Fsp3) is 0.296. The molecule has 0 aliphatic carbocycles. The molecule has 3 aromatic carbocycles. The zero-order chi connectivity index (χ0) is 21.2. The van der Waals surface area contributed by atoms with Crippen molar-refractivity contribution in [2.75, 3.05) is 24.5 Å². The minimum atomic E-state index is -0.752. The Morgan fingerprint density at radius 1 is 0.774 bits per heavy atom. The van der Waals surface area contributed by atoms with E-state index in [2.05, 4.69) is 64.4 Å². The third kappa shape index (κ3) is 3.84. The SMILES string of the molecule is O=C(O)C1c2ccccc2CCN1CCCN1c2ccccc2CCc2ccccc21. The first-order valence-corrected chi connectivity index (χ1v) is 11.2. The number of aryl methyl sites for hydroxylation is 2. The number of hydrogen-bond donors (Lipinski definition) is 1. The van der Waals surface area contributed by atoms with Crippen molar-refractivity contribution in [3.63, 3.8) is 0 Å². The summed E-state index contributed by atoms with van der Waals surface area (Å²) in [6.07, 6.45) is 3.92. The van der Waals surface area contributed by atoms with Gasteiger partial charge in [0.1, 0.15) is 6.04 Å². The maximum atomic E-state index is 12.1. The second kappa shape index (κ2) is 8.56. The van der Waals surface area contributed by atoms with E-state index in [0.717, 1.165) is 50.9 Å². The van der Waals surface area contributed by atoms with E-state index in [1.165, 1.54) is 28.1 Å². The van der Waals surface area contributed by atoms with E-state index < -0.39 is 12.0 Å². The predicted octanol–water partition coefficient (Wildman–Crippen LogP) is 5.00. The highest BCUT2D eigenvalue weighted by Crippen LogP contribution is 2.36. The summed E-state index contributed by atoms with van der Waals surface area (Å²) in [5, 5.41) is 9.95. The van der Waals surface area contributed by atoms with E-state index in [0.29, 0.717) is 0 Å². The number of para-hydroxylation sites is 2. The Bertz CT molecular complexity index is 1050. The minimum Gasteiger partial charge on any atom is -0.480 e. The van der Waals surface area contributed by atoms with E-state index in [9.17, 15) is 9.90 Å². The fourth-order valence-corrected chi connectivity index (χ4v) is 5.19. The molecule has 0 radical (unpaired) electrons. The molecular weight excluding hydrogens is 384 g/mol. The van der Waals surface area contributed by atoms with Gasteiger partial charge in [-0.3, -0.25) is 9.69 Å².